The Morgan fingerprint density at radius 1 is 0.867 bits per heavy atom. The Balaban J connectivity index is 3.18. The fraction of sp³-hybridized carbons (Fsp3) is 0.786. The first-order chi connectivity index (χ1) is 7.06. The molecule has 0 aliphatic carbocycles. The van der Waals surface area contributed by atoms with E-state index in [9.17, 15) is 4.79 Å². The highest BCUT2D eigenvalue weighted by atomic mass is 16.1. The van der Waals surface area contributed by atoms with Crippen LogP contribution < -0.4 is 0 Å². The summed E-state index contributed by atoms with van der Waals surface area (Å²) >= 11 is 0. The van der Waals surface area contributed by atoms with Crippen LogP contribution in [0.4, 0.5) is 0 Å². The number of hydrogen-bond acceptors (Lipinski definition) is 1. The van der Waals surface area contributed by atoms with Gasteiger partial charge in [0.2, 0.25) is 0 Å². The van der Waals surface area contributed by atoms with Crippen LogP contribution in [0.3, 0.4) is 0 Å². The van der Waals surface area contributed by atoms with E-state index in [1.165, 1.54) is 32.1 Å². The molecule has 0 unspecified atom stereocenters. The molecule has 0 aliphatic heterocycles. The molecule has 1 heteroatoms. The smallest absolute Gasteiger partial charge is 0.119 e. The minimum absolute atomic E-state index is 0.323. The van der Waals surface area contributed by atoms with Gasteiger partial charge in [0.1, 0.15) is 6.29 Å². The van der Waals surface area contributed by atoms with Crippen LogP contribution in [0.1, 0.15) is 65.7 Å². The van der Waals surface area contributed by atoms with Crippen molar-refractivity contribution in [3.05, 3.63) is 12.2 Å². The van der Waals surface area contributed by atoms with Gasteiger partial charge in [-0.15, -0.1) is 0 Å². The third kappa shape index (κ3) is 13.4. The second kappa shape index (κ2) is 8.70. The second-order valence-corrected chi connectivity index (χ2v) is 5.28. The van der Waals surface area contributed by atoms with E-state index < -0.39 is 0 Å². The summed E-state index contributed by atoms with van der Waals surface area (Å²) in [4.78, 5) is 10.1. The van der Waals surface area contributed by atoms with Crippen molar-refractivity contribution < 1.29 is 4.79 Å². The molecule has 88 valence electrons. The maximum Gasteiger partial charge on any atom is 0.119 e. The van der Waals surface area contributed by atoms with E-state index in [4.69, 9.17) is 0 Å². The van der Waals surface area contributed by atoms with E-state index >= 15 is 0 Å². The predicted octanol–water partition coefficient (Wildman–Crippen LogP) is 4.52. The van der Waals surface area contributed by atoms with Crippen LogP contribution >= 0.6 is 0 Å². The molecule has 0 aromatic rings. The Bertz CT molecular complexity index is 174. The Hall–Kier alpha value is -0.590. The van der Waals surface area contributed by atoms with Crippen LogP contribution in [0.2, 0.25) is 0 Å². The van der Waals surface area contributed by atoms with E-state index in [-0.39, 0.29) is 0 Å². The Labute approximate surface area is 95.0 Å². The topological polar surface area (TPSA) is 17.1 Å². The van der Waals surface area contributed by atoms with Gasteiger partial charge >= 0.3 is 0 Å². The fourth-order valence-electron chi connectivity index (χ4n) is 1.46. The number of rotatable bonds is 8. The van der Waals surface area contributed by atoms with E-state index in [1.54, 1.807) is 0 Å². The highest BCUT2D eigenvalue weighted by molar-refractivity contribution is 5.48. The molecule has 0 aromatic heterocycles. The van der Waals surface area contributed by atoms with Gasteiger partial charge in [-0.1, -0.05) is 52.2 Å². The van der Waals surface area contributed by atoms with Crippen LogP contribution in [0, 0.1) is 5.41 Å². The molecular formula is C14H26O. The van der Waals surface area contributed by atoms with Crippen molar-refractivity contribution in [3.63, 3.8) is 0 Å². The summed E-state index contributed by atoms with van der Waals surface area (Å²) in [5.74, 6) is 0. The van der Waals surface area contributed by atoms with Crippen LogP contribution in [-0.4, -0.2) is 6.29 Å². The van der Waals surface area contributed by atoms with Crippen molar-refractivity contribution >= 4 is 6.29 Å². The van der Waals surface area contributed by atoms with Crippen molar-refractivity contribution in [3.8, 4) is 0 Å². The summed E-state index contributed by atoms with van der Waals surface area (Å²) in [5.41, 5.74) is 0.323. The zero-order valence-corrected chi connectivity index (χ0v) is 10.6. The summed E-state index contributed by atoms with van der Waals surface area (Å²) < 4.78 is 0. The summed E-state index contributed by atoms with van der Waals surface area (Å²) in [7, 11) is 0. The van der Waals surface area contributed by atoms with Crippen molar-refractivity contribution in [2.45, 2.75) is 65.7 Å². The summed E-state index contributed by atoms with van der Waals surface area (Å²) in [6.45, 7) is 6.68. The molecule has 0 atom stereocenters. The van der Waals surface area contributed by atoms with Gasteiger partial charge in [-0.2, -0.15) is 0 Å². The van der Waals surface area contributed by atoms with Gasteiger partial charge in [-0.3, -0.25) is 0 Å². The highest BCUT2D eigenvalue weighted by Crippen LogP contribution is 2.15. The summed E-state index contributed by atoms with van der Waals surface area (Å²) in [6, 6.07) is 0. The number of allylic oxidation sites excluding steroid dienone is 2. The van der Waals surface area contributed by atoms with E-state index in [0.29, 0.717) is 5.41 Å². The Kier molecular flexibility index (Phi) is 8.35. The first-order valence-corrected chi connectivity index (χ1v) is 6.17. The predicted molar refractivity (Wildman–Crippen MR) is 67.0 cm³/mol. The maximum absolute atomic E-state index is 10.1. The van der Waals surface area contributed by atoms with E-state index in [2.05, 4.69) is 32.9 Å². The first kappa shape index (κ1) is 14.4. The van der Waals surface area contributed by atoms with Crippen molar-refractivity contribution in [1.82, 2.24) is 0 Å². The first-order valence-electron chi connectivity index (χ1n) is 6.17. The van der Waals surface area contributed by atoms with Gasteiger partial charge in [0, 0.05) is 6.42 Å². The van der Waals surface area contributed by atoms with Crippen molar-refractivity contribution in [2.24, 2.45) is 5.41 Å². The van der Waals surface area contributed by atoms with Crippen molar-refractivity contribution in [2.75, 3.05) is 0 Å². The molecule has 0 amide bonds. The van der Waals surface area contributed by atoms with Gasteiger partial charge in [0.25, 0.3) is 0 Å². The van der Waals surface area contributed by atoms with Crippen LogP contribution in [0.25, 0.3) is 0 Å². The molecular weight excluding hydrogens is 184 g/mol. The minimum Gasteiger partial charge on any atom is -0.303 e. The Morgan fingerprint density at radius 2 is 1.40 bits per heavy atom. The molecule has 0 fully saturated rings. The number of hydrogen-bond donors (Lipinski definition) is 0. The quantitative estimate of drug-likeness (QED) is 0.327. The average molecular weight is 210 g/mol. The van der Waals surface area contributed by atoms with E-state index in [1.807, 2.05) is 0 Å². The normalized spacial score (nSPS) is 12.2. The molecule has 0 saturated carbocycles. The van der Waals surface area contributed by atoms with Gasteiger partial charge in [-0.05, 0) is 24.7 Å². The van der Waals surface area contributed by atoms with Crippen LogP contribution in [-0.2, 0) is 4.79 Å². The van der Waals surface area contributed by atoms with E-state index in [0.717, 1.165) is 19.1 Å². The number of carbonyl (C=O) groups is 1. The number of aldehydes is 1. The largest absolute Gasteiger partial charge is 0.303 e. The van der Waals surface area contributed by atoms with Gasteiger partial charge in [-0.25, -0.2) is 0 Å². The zero-order valence-electron chi connectivity index (χ0n) is 10.6. The molecule has 0 spiro atoms. The molecule has 0 bridgehead atoms. The molecule has 0 rings (SSSR count). The summed E-state index contributed by atoms with van der Waals surface area (Å²) in [6.07, 6.45) is 13.7. The van der Waals surface area contributed by atoms with Crippen LogP contribution in [0.5, 0.6) is 0 Å². The lowest BCUT2D eigenvalue weighted by Gasteiger charge is -2.10. The molecule has 0 heterocycles. The zero-order chi connectivity index (χ0) is 11.6. The lowest BCUT2D eigenvalue weighted by Crippen LogP contribution is -1.98. The standard InChI is InChI=1S/C14H26O/c1-14(2,3)12-10-8-6-4-5-7-9-11-13-15/h10,12-13H,4-9,11H2,1-3H3. The maximum atomic E-state index is 10.1. The van der Waals surface area contributed by atoms with Crippen LogP contribution in [0.15, 0.2) is 12.2 Å². The third-order valence-electron chi connectivity index (χ3n) is 2.31. The molecule has 15 heavy (non-hydrogen) atoms. The SMILES string of the molecule is CC(C)(C)C=CCCCCCCCC=O. The second-order valence-electron chi connectivity index (χ2n) is 5.28. The Morgan fingerprint density at radius 3 is 1.93 bits per heavy atom. The third-order valence-corrected chi connectivity index (χ3v) is 2.31. The van der Waals surface area contributed by atoms with Gasteiger partial charge in [0.05, 0.1) is 0 Å². The molecule has 0 aliphatic rings. The monoisotopic (exact) mass is 210 g/mol. The summed E-state index contributed by atoms with van der Waals surface area (Å²) in [5, 5.41) is 0. The fourth-order valence-corrected chi connectivity index (χ4v) is 1.46. The number of unbranched alkanes of at least 4 members (excludes halogenated alkanes) is 6. The lowest BCUT2D eigenvalue weighted by molar-refractivity contribution is -0.107. The molecule has 0 saturated heterocycles. The lowest BCUT2D eigenvalue weighted by atomic mass is 9.95. The van der Waals surface area contributed by atoms with Crippen molar-refractivity contribution in [1.29, 1.82) is 0 Å². The average Bonchev–Trinajstić information content (AvgIpc) is 2.14. The van der Waals surface area contributed by atoms with Gasteiger partial charge in [0.15, 0.2) is 0 Å². The molecule has 0 radical (unpaired) electrons. The highest BCUT2D eigenvalue weighted by Gasteiger charge is 2.02. The molecule has 1 nitrogen and oxygen atoms in total. The minimum atomic E-state index is 0.323. The molecule has 0 aromatic carbocycles. The molecule has 0 N–H and O–H groups in total. The number of carbonyl (C=O) groups excluding carboxylic acids is 1. The van der Waals surface area contributed by atoms with Gasteiger partial charge < -0.3 is 4.79 Å².